The number of carbonyl (C=O) groups excluding carboxylic acids is 1. The van der Waals surface area contributed by atoms with Gasteiger partial charge >= 0.3 is 0 Å². The van der Waals surface area contributed by atoms with Gasteiger partial charge in [-0.3, -0.25) is 4.79 Å². The minimum atomic E-state index is 0. The first kappa shape index (κ1) is 20.7. The molecule has 150 valence electrons. The van der Waals surface area contributed by atoms with Gasteiger partial charge in [0.05, 0.1) is 13.0 Å². The van der Waals surface area contributed by atoms with Crippen LogP contribution in [0.2, 0.25) is 0 Å². The van der Waals surface area contributed by atoms with Crippen molar-refractivity contribution in [1.29, 1.82) is 0 Å². The summed E-state index contributed by atoms with van der Waals surface area (Å²) in [6, 6.07) is 18.2. The summed E-state index contributed by atoms with van der Waals surface area (Å²) in [4.78, 5) is 14.6. The van der Waals surface area contributed by atoms with Crippen LogP contribution in [0.1, 0.15) is 25.7 Å². The van der Waals surface area contributed by atoms with Crippen molar-refractivity contribution < 1.29 is 9.53 Å². The molecular weight excluding hydrogens is 372 g/mol. The van der Waals surface area contributed by atoms with Crippen molar-refractivity contribution in [2.45, 2.75) is 25.7 Å². The van der Waals surface area contributed by atoms with Gasteiger partial charge in [-0.15, -0.1) is 12.4 Å². The smallest absolute Gasteiger partial charge is 0.225 e. The normalized spacial score (nSPS) is 17.9. The fourth-order valence-corrected chi connectivity index (χ4v) is 4.31. The summed E-state index contributed by atoms with van der Waals surface area (Å²) in [7, 11) is 0. The van der Waals surface area contributed by atoms with E-state index in [9.17, 15) is 4.79 Å². The van der Waals surface area contributed by atoms with Gasteiger partial charge in [0, 0.05) is 25.2 Å². The van der Waals surface area contributed by atoms with Crippen LogP contribution in [0.25, 0.3) is 11.1 Å². The molecule has 2 aromatic carbocycles. The Morgan fingerprint density at radius 3 is 2.43 bits per heavy atom. The third-order valence-electron chi connectivity index (χ3n) is 6.05. The molecule has 0 atom stereocenters. The van der Waals surface area contributed by atoms with Crippen LogP contribution >= 0.6 is 12.4 Å². The largest absolute Gasteiger partial charge is 0.492 e. The van der Waals surface area contributed by atoms with Crippen LogP contribution in [0.5, 0.6) is 5.75 Å². The van der Waals surface area contributed by atoms with E-state index >= 15 is 0 Å². The number of para-hydroxylation sites is 1. The van der Waals surface area contributed by atoms with Gasteiger partial charge in [0.25, 0.3) is 0 Å². The molecule has 2 aliphatic heterocycles. The van der Waals surface area contributed by atoms with Crippen molar-refractivity contribution in [3.05, 3.63) is 54.6 Å². The van der Waals surface area contributed by atoms with E-state index in [1.807, 2.05) is 41.3 Å². The van der Waals surface area contributed by atoms with E-state index in [-0.39, 0.29) is 18.3 Å². The van der Waals surface area contributed by atoms with Crippen LogP contribution in [-0.4, -0.2) is 43.6 Å². The van der Waals surface area contributed by atoms with Crippen LogP contribution in [0.15, 0.2) is 54.6 Å². The van der Waals surface area contributed by atoms with Crippen molar-refractivity contribution in [1.82, 2.24) is 10.2 Å². The predicted molar refractivity (Wildman–Crippen MR) is 115 cm³/mol. The highest BCUT2D eigenvalue weighted by molar-refractivity contribution is 5.85. The van der Waals surface area contributed by atoms with E-state index in [4.69, 9.17) is 4.74 Å². The first-order valence-corrected chi connectivity index (χ1v) is 10.0. The summed E-state index contributed by atoms with van der Waals surface area (Å²) in [5.74, 6) is 1.05. The van der Waals surface area contributed by atoms with E-state index in [1.165, 1.54) is 6.42 Å². The Morgan fingerprint density at radius 1 is 1.00 bits per heavy atom. The highest BCUT2D eigenvalue weighted by Gasteiger charge is 2.37. The third-order valence-corrected chi connectivity index (χ3v) is 6.05. The summed E-state index contributed by atoms with van der Waals surface area (Å²) in [5, 5.41) is 3.47. The molecule has 0 unspecified atom stereocenters. The Bertz CT molecular complexity index is 765. The number of hydrogen-bond acceptors (Lipinski definition) is 3. The number of rotatable bonds is 5. The van der Waals surface area contributed by atoms with Gasteiger partial charge in [0.2, 0.25) is 5.91 Å². The Labute approximate surface area is 173 Å². The Balaban J connectivity index is 0.00000225. The summed E-state index contributed by atoms with van der Waals surface area (Å²) in [5.41, 5.74) is 2.65. The maximum atomic E-state index is 12.6. The molecule has 0 aliphatic carbocycles. The average Bonchev–Trinajstić information content (AvgIpc) is 3.17. The van der Waals surface area contributed by atoms with Crippen LogP contribution in [0.3, 0.4) is 0 Å². The number of benzene rings is 2. The first-order valence-electron chi connectivity index (χ1n) is 10.0. The van der Waals surface area contributed by atoms with E-state index in [1.54, 1.807) is 0 Å². The number of nitrogens with zero attached hydrogens (tertiary/aromatic N) is 1. The molecule has 0 saturated carbocycles. The Morgan fingerprint density at radius 2 is 1.71 bits per heavy atom. The first-order chi connectivity index (χ1) is 13.3. The lowest BCUT2D eigenvalue weighted by molar-refractivity contribution is -0.133. The van der Waals surface area contributed by atoms with Gasteiger partial charge in [0.1, 0.15) is 5.75 Å². The van der Waals surface area contributed by atoms with Gasteiger partial charge in [-0.25, -0.2) is 0 Å². The molecule has 1 spiro atoms. The van der Waals surface area contributed by atoms with E-state index in [2.05, 4.69) is 23.5 Å². The van der Waals surface area contributed by atoms with Crippen molar-refractivity contribution in [2.75, 3.05) is 32.8 Å². The number of halogens is 1. The minimum absolute atomic E-state index is 0. The average molecular weight is 401 g/mol. The second kappa shape index (κ2) is 9.44. The number of nitrogens with one attached hydrogen (secondary N) is 1. The van der Waals surface area contributed by atoms with Crippen molar-refractivity contribution in [3.63, 3.8) is 0 Å². The molecule has 2 aromatic rings. The minimum Gasteiger partial charge on any atom is -0.492 e. The number of amides is 1. The molecule has 2 fully saturated rings. The van der Waals surface area contributed by atoms with Gasteiger partial charge in [-0.1, -0.05) is 48.5 Å². The molecule has 0 bridgehead atoms. The lowest BCUT2D eigenvalue weighted by atomic mass is 9.78. The number of likely N-dealkylation sites (tertiary alicyclic amines) is 1. The quantitative estimate of drug-likeness (QED) is 0.819. The molecule has 4 rings (SSSR count). The zero-order valence-corrected chi connectivity index (χ0v) is 17.0. The fraction of sp³-hybridized carbons (Fsp3) is 0.435. The van der Waals surface area contributed by atoms with Crippen LogP contribution in [0, 0.1) is 5.41 Å². The van der Waals surface area contributed by atoms with Crippen molar-refractivity contribution in [3.8, 4) is 16.9 Å². The van der Waals surface area contributed by atoms with Gasteiger partial charge in [0.15, 0.2) is 0 Å². The molecule has 2 heterocycles. The molecule has 5 heteroatoms. The van der Waals surface area contributed by atoms with Crippen LogP contribution < -0.4 is 10.1 Å². The van der Waals surface area contributed by atoms with E-state index < -0.39 is 0 Å². The van der Waals surface area contributed by atoms with Crippen LogP contribution in [0.4, 0.5) is 0 Å². The highest BCUT2D eigenvalue weighted by Crippen LogP contribution is 2.37. The molecule has 0 radical (unpaired) electrons. The fourth-order valence-electron chi connectivity index (χ4n) is 4.31. The maximum Gasteiger partial charge on any atom is 0.225 e. The topological polar surface area (TPSA) is 41.6 Å². The molecule has 2 aliphatic rings. The van der Waals surface area contributed by atoms with Gasteiger partial charge < -0.3 is 15.0 Å². The van der Waals surface area contributed by atoms with Crippen molar-refractivity contribution in [2.24, 2.45) is 5.41 Å². The summed E-state index contributed by atoms with van der Waals surface area (Å²) >= 11 is 0. The lowest BCUT2D eigenvalue weighted by Gasteiger charge is -2.38. The Hall–Kier alpha value is -2.04. The maximum absolute atomic E-state index is 12.6. The summed E-state index contributed by atoms with van der Waals surface area (Å²) < 4.78 is 5.99. The van der Waals surface area contributed by atoms with Crippen molar-refractivity contribution >= 4 is 18.3 Å². The molecular formula is C23H29ClN2O2. The highest BCUT2D eigenvalue weighted by atomic mass is 35.5. The van der Waals surface area contributed by atoms with E-state index in [0.29, 0.717) is 18.4 Å². The lowest BCUT2D eigenvalue weighted by Crippen LogP contribution is -2.44. The molecule has 1 amide bonds. The Kier molecular flexibility index (Phi) is 6.97. The second-order valence-corrected chi connectivity index (χ2v) is 7.77. The molecule has 1 N–H and O–H groups in total. The van der Waals surface area contributed by atoms with E-state index in [0.717, 1.165) is 55.9 Å². The van der Waals surface area contributed by atoms with Gasteiger partial charge in [-0.2, -0.15) is 0 Å². The summed E-state index contributed by atoms with van der Waals surface area (Å²) in [6.07, 6.45) is 3.95. The SMILES string of the molecule is Cl.O=C(CCOc1ccccc1-c1ccccc1)N1CCC2(CCNC2)CC1. The third kappa shape index (κ3) is 4.68. The van der Waals surface area contributed by atoms with Crippen LogP contribution in [-0.2, 0) is 4.79 Å². The zero-order valence-electron chi connectivity index (χ0n) is 16.2. The predicted octanol–water partition coefficient (Wildman–Crippen LogP) is 4.15. The molecule has 2 saturated heterocycles. The molecule has 4 nitrogen and oxygen atoms in total. The number of carbonyl (C=O) groups is 1. The standard InChI is InChI=1S/C23H28N2O2.ClH/c26-22(25-15-12-23(13-16-25)11-14-24-18-23)10-17-27-21-9-5-4-8-20(21)19-6-2-1-3-7-19;/h1-9,24H,10-18H2;1H. The molecule has 28 heavy (non-hydrogen) atoms. The number of ether oxygens (including phenoxy) is 1. The second-order valence-electron chi connectivity index (χ2n) is 7.77. The molecule has 0 aromatic heterocycles. The number of piperidine rings is 1. The summed E-state index contributed by atoms with van der Waals surface area (Å²) in [6.45, 7) is 4.45. The monoisotopic (exact) mass is 400 g/mol. The number of hydrogen-bond donors (Lipinski definition) is 1. The zero-order chi connectivity index (χ0) is 18.5. The van der Waals surface area contributed by atoms with Gasteiger partial charge in [-0.05, 0) is 42.9 Å².